The van der Waals surface area contributed by atoms with Gasteiger partial charge in [-0.3, -0.25) is 4.79 Å². The molecule has 0 spiro atoms. The Morgan fingerprint density at radius 2 is 1.94 bits per heavy atom. The highest BCUT2D eigenvalue weighted by molar-refractivity contribution is 7.88. The SMILES string of the molecule is CCCCNC(=O)CN(C(C)CC)S(C)(=O)=O. The first-order valence-corrected chi connectivity index (χ1v) is 7.91. The average Bonchev–Trinajstić information content (AvgIpc) is 2.23. The van der Waals surface area contributed by atoms with Crippen LogP contribution in [0.1, 0.15) is 40.0 Å². The van der Waals surface area contributed by atoms with E-state index in [9.17, 15) is 13.2 Å². The minimum Gasteiger partial charge on any atom is -0.355 e. The summed E-state index contributed by atoms with van der Waals surface area (Å²) < 4.78 is 24.3. The largest absolute Gasteiger partial charge is 0.355 e. The molecular formula is C11H24N2O3S. The highest BCUT2D eigenvalue weighted by atomic mass is 32.2. The second-order valence-corrected chi connectivity index (χ2v) is 6.20. The summed E-state index contributed by atoms with van der Waals surface area (Å²) in [7, 11) is -3.33. The molecule has 0 aliphatic carbocycles. The molecule has 1 unspecified atom stereocenters. The van der Waals surface area contributed by atoms with Crippen LogP contribution in [0.3, 0.4) is 0 Å². The lowest BCUT2D eigenvalue weighted by atomic mass is 10.2. The van der Waals surface area contributed by atoms with Crippen molar-refractivity contribution in [3.63, 3.8) is 0 Å². The van der Waals surface area contributed by atoms with Gasteiger partial charge in [-0.25, -0.2) is 8.42 Å². The number of amides is 1. The van der Waals surface area contributed by atoms with Crippen LogP contribution in [0.25, 0.3) is 0 Å². The number of sulfonamides is 1. The molecule has 17 heavy (non-hydrogen) atoms. The van der Waals surface area contributed by atoms with Crippen LogP contribution in [0.2, 0.25) is 0 Å². The molecule has 1 amide bonds. The minimum absolute atomic E-state index is 0.0858. The smallest absolute Gasteiger partial charge is 0.235 e. The summed E-state index contributed by atoms with van der Waals surface area (Å²) in [6.07, 6.45) is 3.74. The minimum atomic E-state index is -3.33. The van der Waals surface area contributed by atoms with Crippen molar-refractivity contribution in [1.29, 1.82) is 0 Å². The first-order chi connectivity index (χ1) is 7.82. The summed E-state index contributed by atoms with van der Waals surface area (Å²) in [4.78, 5) is 11.6. The number of carbonyl (C=O) groups is 1. The molecule has 0 rings (SSSR count). The van der Waals surface area contributed by atoms with E-state index in [0.29, 0.717) is 13.0 Å². The van der Waals surface area contributed by atoms with Crippen molar-refractivity contribution in [3.8, 4) is 0 Å². The average molecular weight is 264 g/mol. The Balaban J connectivity index is 4.40. The van der Waals surface area contributed by atoms with E-state index in [1.54, 1.807) is 6.92 Å². The van der Waals surface area contributed by atoms with Crippen LogP contribution in [0.4, 0.5) is 0 Å². The van der Waals surface area contributed by atoms with Crippen LogP contribution in [-0.4, -0.2) is 44.0 Å². The van der Waals surface area contributed by atoms with Gasteiger partial charge in [0.1, 0.15) is 0 Å². The van der Waals surface area contributed by atoms with E-state index < -0.39 is 10.0 Å². The lowest BCUT2D eigenvalue weighted by Crippen LogP contribution is -2.44. The Morgan fingerprint density at radius 3 is 2.35 bits per heavy atom. The zero-order valence-electron chi connectivity index (χ0n) is 11.2. The molecule has 0 radical (unpaired) electrons. The lowest BCUT2D eigenvalue weighted by Gasteiger charge is -2.25. The Hall–Kier alpha value is -0.620. The zero-order valence-corrected chi connectivity index (χ0v) is 12.0. The van der Waals surface area contributed by atoms with E-state index in [2.05, 4.69) is 5.32 Å². The molecule has 5 nitrogen and oxygen atoms in total. The van der Waals surface area contributed by atoms with Gasteiger partial charge in [-0.05, 0) is 19.8 Å². The molecule has 6 heteroatoms. The van der Waals surface area contributed by atoms with Crippen molar-refractivity contribution in [2.24, 2.45) is 0 Å². The fourth-order valence-electron chi connectivity index (χ4n) is 1.41. The van der Waals surface area contributed by atoms with E-state index in [0.717, 1.165) is 19.1 Å². The number of unbranched alkanes of at least 4 members (excludes halogenated alkanes) is 1. The Morgan fingerprint density at radius 1 is 1.35 bits per heavy atom. The van der Waals surface area contributed by atoms with Crippen LogP contribution in [0.5, 0.6) is 0 Å². The third-order valence-corrected chi connectivity index (χ3v) is 4.00. The molecule has 0 aromatic rings. The van der Waals surface area contributed by atoms with Crippen LogP contribution in [0.15, 0.2) is 0 Å². The van der Waals surface area contributed by atoms with Crippen LogP contribution < -0.4 is 5.32 Å². The molecule has 0 aromatic carbocycles. The second kappa shape index (κ2) is 7.66. The van der Waals surface area contributed by atoms with Gasteiger partial charge >= 0.3 is 0 Å². The first kappa shape index (κ1) is 16.4. The summed E-state index contributed by atoms with van der Waals surface area (Å²) in [5.74, 6) is -0.232. The zero-order chi connectivity index (χ0) is 13.5. The molecule has 0 aliphatic rings. The predicted octanol–water partition coefficient (Wildman–Crippen LogP) is 0.963. The number of carbonyl (C=O) groups excluding carboxylic acids is 1. The third-order valence-electron chi connectivity index (χ3n) is 2.66. The molecule has 0 bridgehead atoms. The summed E-state index contributed by atoms with van der Waals surface area (Å²) in [5, 5.41) is 2.72. The topological polar surface area (TPSA) is 66.5 Å². The molecule has 102 valence electrons. The summed E-state index contributed by atoms with van der Waals surface area (Å²) in [5.41, 5.74) is 0. The van der Waals surface area contributed by atoms with Crippen molar-refractivity contribution in [2.45, 2.75) is 46.1 Å². The molecule has 0 aromatic heterocycles. The fourth-order valence-corrected chi connectivity index (χ4v) is 2.56. The third kappa shape index (κ3) is 6.63. The second-order valence-electron chi connectivity index (χ2n) is 4.27. The maximum atomic E-state index is 11.6. The normalized spacial score (nSPS) is 13.7. The van der Waals surface area contributed by atoms with Crippen molar-refractivity contribution in [2.75, 3.05) is 19.3 Å². The molecule has 1 atom stereocenters. The van der Waals surface area contributed by atoms with Gasteiger partial charge < -0.3 is 5.32 Å². The first-order valence-electron chi connectivity index (χ1n) is 6.06. The lowest BCUT2D eigenvalue weighted by molar-refractivity contribution is -0.121. The fraction of sp³-hybridized carbons (Fsp3) is 0.909. The summed E-state index contributed by atoms with van der Waals surface area (Å²) in [6.45, 7) is 6.26. The van der Waals surface area contributed by atoms with Gasteiger partial charge in [-0.1, -0.05) is 20.3 Å². The molecule has 1 N–H and O–H groups in total. The highest BCUT2D eigenvalue weighted by Crippen LogP contribution is 2.08. The van der Waals surface area contributed by atoms with Crippen LogP contribution in [-0.2, 0) is 14.8 Å². The number of nitrogens with zero attached hydrogens (tertiary/aromatic N) is 1. The standard InChI is InChI=1S/C11H24N2O3S/c1-5-7-8-12-11(14)9-13(10(3)6-2)17(4,15)16/h10H,5-9H2,1-4H3,(H,12,14). The van der Waals surface area contributed by atoms with Gasteiger partial charge in [0.2, 0.25) is 15.9 Å². The van der Waals surface area contributed by atoms with Gasteiger partial charge in [0, 0.05) is 12.6 Å². The van der Waals surface area contributed by atoms with Gasteiger partial charge in [0.15, 0.2) is 0 Å². The Labute approximate surface area is 105 Å². The Bertz CT molecular complexity index is 328. The van der Waals surface area contributed by atoms with Gasteiger partial charge in [0.05, 0.1) is 12.8 Å². The van der Waals surface area contributed by atoms with Gasteiger partial charge in [-0.2, -0.15) is 4.31 Å². The number of hydrogen-bond acceptors (Lipinski definition) is 3. The number of hydrogen-bond donors (Lipinski definition) is 1. The maximum absolute atomic E-state index is 11.6. The summed E-state index contributed by atoms with van der Waals surface area (Å²) >= 11 is 0. The van der Waals surface area contributed by atoms with Crippen molar-refractivity contribution < 1.29 is 13.2 Å². The molecule has 0 heterocycles. The summed E-state index contributed by atoms with van der Waals surface area (Å²) in [6, 6.07) is -0.151. The quantitative estimate of drug-likeness (QED) is 0.664. The van der Waals surface area contributed by atoms with Gasteiger partial charge in [-0.15, -0.1) is 0 Å². The van der Waals surface area contributed by atoms with Crippen LogP contribution >= 0.6 is 0 Å². The highest BCUT2D eigenvalue weighted by Gasteiger charge is 2.24. The van der Waals surface area contributed by atoms with E-state index in [1.807, 2.05) is 13.8 Å². The van der Waals surface area contributed by atoms with E-state index >= 15 is 0 Å². The van der Waals surface area contributed by atoms with Crippen molar-refractivity contribution >= 4 is 15.9 Å². The molecular weight excluding hydrogens is 240 g/mol. The molecule has 0 aliphatic heterocycles. The predicted molar refractivity (Wildman–Crippen MR) is 69.2 cm³/mol. The monoisotopic (exact) mass is 264 g/mol. The van der Waals surface area contributed by atoms with E-state index in [4.69, 9.17) is 0 Å². The maximum Gasteiger partial charge on any atom is 0.235 e. The molecule has 0 fully saturated rings. The van der Waals surface area contributed by atoms with E-state index in [-0.39, 0.29) is 18.5 Å². The molecule has 0 saturated carbocycles. The van der Waals surface area contributed by atoms with Crippen molar-refractivity contribution in [1.82, 2.24) is 9.62 Å². The number of rotatable bonds is 8. The van der Waals surface area contributed by atoms with Crippen molar-refractivity contribution in [3.05, 3.63) is 0 Å². The van der Waals surface area contributed by atoms with E-state index in [1.165, 1.54) is 4.31 Å². The molecule has 0 saturated heterocycles. The Kier molecular flexibility index (Phi) is 7.38. The van der Waals surface area contributed by atoms with Gasteiger partial charge in [0.25, 0.3) is 0 Å². The number of nitrogens with one attached hydrogen (secondary N) is 1. The van der Waals surface area contributed by atoms with Crippen LogP contribution in [0, 0.1) is 0 Å².